The van der Waals surface area contributed by atoms with Crippen LogP contribution in [0.5, 0.6) is 0 Å². The molecule has 0 amide bonds. The summed E-state index contributed by atoms with van der Waals surface area (Å²) >= 11 is 0. The van der Waals surface area contributed by atoms with E-state index in [4.69, 9.17) is 0 Å². The second kappa shape index (κ2) is 5.95. The van der Waals surface area contributed by atoms with Crippen LogP contribution in [0.25, 0.3) is 0 Å². The van der Waals surface area contributed by atoms with E-state index in [1.165, 1.54) is 12.5 Å². The minimum absolute atomic E-state index is 1.35. The van der Waals surface area contributed by atoms with E-state index in [1.54, 1.807) is 19.3 Å². The Bertz CT molecular complexity index is 105. The fourth-order valence-electron chi connectivity index (χ4n) is 0.222. The first-order valence-corrected chi connectivity index (χ1v) is 2.25. The summed E-state index contributed by atoms with van der Waals surface area (Å²) in [5.74, 6) is 0. The Labute approximate surface area is 49.2 Å². The van der Waals surface area contributed by atoms with Crippen LogP contribution in [0.15, 0.2) is 30.2 Å². The molecule has 0 aromatic rings. The smallest absolute Gasteiger partial charge is 0.0916 e. The lowest BCUT2D eigenvalue weighted by Crippen LogP contribution is -1.64. The van der Waals surface area contributed by atoms with Crippen molar-refractivity contribution in [1.82, 2.24) is 0 Å². The third-order valence-corrected chi connectivity index (χ3v) is 0.488. The highest BCUT2D eigenvalue weighted by atomic mass is 16.5. The molecule has 0 saturated carbocycles. The Hall–Kier alpha value is -1.05. The van der Waals surface area contributed by atoms with Gasteiger partial charge in [-0.1, -0.05) is 6.58 Å². The first-order valence-electron chi connectivity index (χ1n) is 2.25. The zero-order chi connectivity index (χ0) is 6.24. The lowest BCUT2D eigenvalue weighted by Gasteiger charge is -1.80. The Morgan fingerprint density at radius 2 is 2.38 bits per heavy atom. The van der Waals surface area contributed by atoms with Gasteiger partial charge in [-0.15, -0.1) is 0 Å². The Morgan fingerprint density at radius 3 is 2.88 bits per heavy atom. The average Bonchev–Trinajstić information content (AvgIpc) is 1.81. The van der Waals surface area contributed by atoms with Crippen LogP contribution in [0.3, 0.4) is 0 Å². The van der Waals surface area contributed by atoms with E-state index in [0.29, 0.717) is 0 Å². The van der Waals surface area contributed by atoms with Gasteiger partial charge in [0, 0.05) is 13.3 Å². The number of ether oxygens (including phenoxy) is 1. The number of nitrogens with zero attached hydrogens (tertiary/aromatic N) is 1. The number of hydrogen-bond acceptors (Lipinski definition) is 2. The summed E-state index contributed by atoms with van der Waals surface area (Å²) in [4.78, 5) is 3.68. The van der Waals surface area contributed by atoms with Crippen molar-refractivity contribution >= 4 is 6.21 Å². The minimum Gasteiger partial charge on any atom is -0.473 e. The molecular weight excluding hydrogens is 102 g/mol. The highest BCUT2D eigenvalue weighted by Gasteiger charge is 1.59. The molecule has 0 aliphatic rings. The molecule has 2 heteroatoms. The normalized spacial score (nSPS) is 10.6. The van der Waals surface area contributed by atoms with Crippen LogP contribution in [0, 0.1) is 0 Å². The fourth-order valence-corrected chi connectivity index (χ4v) is 0.222. The summed E-state index contributed by atoms with van der Waals surface area (Å²) in [6.45, 7) is 3.34. The van der Waals surface area contributed by atoms with Crippen LogP contribution in [-0.2, 0) is 4.74 Å². The van der Waals surface area contributed by atoms with Crippen molar-refractivity contribution in [3.05, 3.63) is 25.2 Å². The molecule has 0 aliphatic carbocycles. The molecule has 0 bridgehead atoms. The zero-order valence-electron chi connectivity index (χ0n) is 4.87. The van der Waals surface area contributed by atoms with E-state index < -0.39 is 0 Å². The quantitative estimate of drug-likeness (QED) is 0.398. The zero-order valence-corrected chi connectivity index (χ0v) is 4.87. The molecule has 0 spiro atoms. The van der Waals surface area contributed by atoms with E-state index in [1.807, 2.05) is 0 Å². The summed E-state index contributed by atoms with van der Waals surface area (Å²) in [7, 11) is 1.69. The molecule has 0 radical (unpaired) electrons. The van der Waals surface area contributed by atoms with Crippen molar-refractivity contribution in [2.75, 3.05) is 7.05 Å². The molecule has 2 nitrogen and oxygen atoms in total. The van der Waals surface area contributed by atoms with Crippen LogP contribution in [0.1, 0.15) is 0 Å². The summed E-state index contributed by atoms with van der Waals surface area (Å²) < 4.78 is 4.63. The van der Waals surface area contributed by atoms with Crippen LogP contribution in [0.2, 0.25) is 0 Å². The van der Waals surface area contributed by atoms with E-state index in [0.717, 1.165) is 0 Å². The molecule has 8 heavy (non-hydrogen) atoms. The molecule has 0 rings (SSSR count). The van der Waals surface area contributed by atoms with Crippen molar-refractivity contribution in [3.63, 3.8) is 0 Å². The first-order chi connectivity index (χ1) is 3.91. The monoisotopic (exact) mass is 111 g/mol. The van der Waals surface area contributed by atoms with Crippen LogP contribution in [0.4, 0.5) is 0 Å². The van der Waals surface area contributed by atoms with Crippen LogP contribution >= 0.6 is 0 Å². The summed E-state index contributed by atoms with van der Waals surface area (Å²) in [5.41, 5.74) is 0. The van der Waals surface area contributed by atoms with Gasteiger partial charge in [0.2, 0.25) is 0 Å². The standard InChI is InChI=1S/C6H9NO/c1-3-8-6-4-5-7-2/h3-6H,1H2,2H3/b6-4-,7-5+. The van der Waals surface area contributed by atoms with Gasteiger partial charge in [0.15, 0.2) is 0 Å². The van der Waals surface area contributed by atoms with Crippen LogP contribution in [-0.4, -0.2) is 13.3 Å². The molecule has 0 atom stereocenters. The minimum atomic E-state index is 1.35. The van der Waals surface area contributed by atoms with Gasteiger partial charge in [0.1, 0.15) is 0 Å². The molecular formula is C6H9NO. The van der Waals surface area contributed by atoms with Crippen LogP contribution < -0.4 is 0 Å². The van der Waals surface area contributed by atoms with Crippen molar-refractivity contribution < 1.29 is 4.74 Å². The van der Waals surface area contributed by atoms with Gasteiger partial charge in [-0.05, 0) is 6.08 Å². The predicted octanol–water partition coefficient (Wildman–Crippen LogP) is 1.36. The highest BCUT2D eigenvalue weighted by molar-refractivity contribution is 5.70. The molecule has 0 heterocycles. The maximum Gasteiger partial charge on any atom is 0.0916 e. The van der Waals surface area contributed by atoms with Gasteiger partial charge in [0.05, 0.1) is 12.5 Å². The Balaban J connectivity index is 3.19. The summed E-state index contributed by atoms with van der Waals surface area (Å²) in [6, 6.07) is 0. The maximum atomic E-state index is 4.63. The summed E-state index contributed by atoms with van der Waals surface area (Å²) in [6.07, 6.45) is 6.16. The summed E-state index contributed by atoms with van der Waals surface area (Å²) in [5, 5.41) is 0. The highest BCUT2D eigenvalue weighted by Crippen LogP contribution is 1.72. The topological polar surface area (TPSA) is 21.6 Å². The fraction of sp³-hybridized carbons (Fsp3) is 0.167. The van der Waals surface area contributed by atoms with Gasteiger partial charge >= 0.3 is 0 Å². The van der Waals surface area contributed by atoms with Gasteiger partial charge in [0.25, 0.3) is 0 Å². The molecule has 0 fully saturated rings. The van der Waals surface area contributed by atoms with Gasteiger partial charge in [-0.25, -0.2) is 0 Å². The van der Waals surface area contributed by atoms with Crippen molar-refractivity contribution in [2.24, 2.45) is 4.99 Å². The lowest BCUT2D eigenvalue weighted by molar-refractivity contribution is 0.405. The molecule has 44 valence electrons. The largest absolute Gasteiger partial charge is 0.473 e. The third-order valence-electron chi connectivity index (χ3n) is 0.488. The molecule has 0 aromatic heterocycles. The molecule has 0 unspecified atom stereocenters. The van der Waals surface area contributed by atoms with E-state index in [9.17, 15) is 0 Å². The van der Waals surface area contributed by atoms with Crippen molar-refractivity contribution in [1.29, 1.82) is 0 Å². The van der Waals surface area contributed by atoms with Gasteiger partial charge in [-0.2, -0.15) is 0 Å². The lowest BCUT2D eigenvalue weighted by atomic mass is 10.7. The average molecular weight is 111 g/mol. The molecule has 0 N–H and O–H groups in total. The van der Waals surface area contributed by atoms with Gasteiger partial charge < -0.3 is 4.74 Å². The van der Waals surface area contributed by atoms with E-state index >= 15 is 0 Å². The van der Waals surface area contributed by atoms with E-state index in [-0.39, 0.29) is 0 Å². The first kappa shape index (κ1) is 6.95. The van der Waals surface area contributed by atoms with Crippen molar-refractivity contribution in [2.45, 2.75) is 0 Å². The Kier molecular flexibility index (Phi) is 5.17. The SMILES string of the molecule is C=CO/C=C\C=N\C. The number of rotatable bonds is 3. The second-order valence-electron chi connectivity index (χ2n) is 1.04. The maximum absolute atomic E-state index is 4.63. The number of aliphatic imine (C=N–C) groups is 1. The molecule has 0 saturated heterocycles. The van der Waals surface area contributed by atoms with Crippen molar-refractivity contribution in [3.8, 4) is 0 Å². The van der Waals surface area contributed by atoms with Gasteiger partial charge in [-0.3, -0.25) is 4.99 Å². The number of hydrogen-bond donors (Lipinski definition) is 0. The third kappa shape index (κ3) is 4.95. The predicted molar refractivity (Wildman–Crippen MR) is 34.8 cm³/mol. The van der Waals surface area contributed by atoms with E-state index in [2.05, 4.69) is 16.3 Å². The second-order valence-corrected chi connectivity index (χ2v) is 1.04. The molecule has 0 aliphatic heterocycles. The molecule has 0 aromatic carbocycles. The number of allylic oxidation sites excluding steroid dienone is 1. The Morgan fingerprint density at radius 1 is 1.62 bits per heavy atom.